The van der Waals surface area contributed by atoms with Gasteiger partial charge in [0.1, 0.15) is 0 Å². The lowest BCUT2D eigenvalue weighted by Gasteiger charge is -2.06. The lowest BCUT2D eigenvalue weighted by atomic mass is 10.2. The summed E-state index contributed by atoms with van der Waals surface area (Å²) in [5.74, 6) is -13.1. The Kier molecular flexibility index (Phi) is 4.55. The summed E-state index contributed by atoms with van der Waals surface area (Å²) in [6.45, 7) is 0. The molecule has 0 heterocycles. The highest BCUT2D eigenvalue weighted by molar-refractivity contribution is 5.70. The first kappa shape index (κ1) is 18.1. The summed E-state index contributed by atoms with van der Waals surface area (Å²) in [6, 6.07) is 0. The number of rotatable bonds is 0. The molecule has 0 bridgehead atoms. The second-order valence-corrected chi connectivity index (χ2v) is 4.18. The van der Waals surface area contributed by atoms with Crippen LogP contribution in [0.2, 0.25) is 0 Å². The molecule has 0 aliphatic carbocycles. The van der Waals surface area contributed by atoms with Crippen molar-refractivity contribution in [2.45, 2.75) is 0 Å². The quantitative estimate of drug-likeness (QED) is 0.219. The van der Waals surface area contributed by atoms with Gasteiger partial charge in [-0.25, -0.2) is 0 Å². The molecule has 2 rings (SSSR count). The largest absolute Gasteiger partial charge is 0.502 e. The van der Waals surface area contributed by atoms with Crippen LogP contribution in [0, 0.1) is 0 Å². The molecular weight excluding hydrogens is 336 g/mol. The monoisotopic (exact) mass is 348 g/mol. The van der Waals surface area contributed by atoms with Gasteiger partial charge in [0.2, 0.25) is 69.0 Å². The molecule has 0 aliphatic heterocycles. The van der Waals surface area contributed by atoms with Gasteiger partial charge in [-0.2, -0.15) is 0 Å². The van der Waals surface area contributed by atoms with Gasteiger partial charge in [-0.15, -0.1) is 0 Å². The SMILES string of the molecule is Oc1c(O)c(O)c(O)c(O)c1O.Oc1c(O)c(O)c(O)c(O)c1O. The van der Waals surface area contributed by atoms with Crippen LogP contribution in [-0.4, -0.2) is 61.3 Å². The van der Waals surface area contributed by atoms with E-state index in [0.29, 0.717) is 0 Å². The van der Waals surface area contributed by atoms with Crippen molar-refractivity contribution in [1.82, 2.24) is 0 Å². The Balaban J connectivity index is 0.000000240. The van der Waals surface area contributed by atoms with Crippen molar-refractivity contribution >= 4 is 0 Å². The van der Waals surface area contributed by atoms with E-state index in [2.05, 4.69) is 0 Å². The number of phenolic OH excluding ortho intramolecular Hbond substituents is 12. The topological polar surface area (TPSA) is 243 Å². The first-order chi connectivity index (χ1) is 10.9. The number of hydrogen-bond donors (Lipinski definition) is 12. The molecule has 0 radical (unpaired) electrons. The van der Waals surface area contributed by atoms with E-state index in [0.717, 1.165) is 0 Å². The van der Waals surface area contributed by atoms with E-state index in [1.54, 1.807) is 0 Å². The number of phenols is 12. The Hall–Kier alpha value is -3.96. The molecule has 12 heteroatoms. The molecule has 2 aromatic carbocycles. The molecule has 0 fully saturated rings. The smallest absolute Gasteiger partial charge is 0.208 e. The fraction of sp³-hybridized carbons (Fsp3) is 0. The Morgan fingerprint density at radius 2 is 0.208 bits per heavy atom. The minimum absolute atomic E-state index is 1.09. The summed E-state index contributed by atoms with van der Waals surface area (Å²) in [5, 5.41) is 105. The van der Waals surface area contributed by atoms with Crippen molar-refractivity contribution in [2.24, 2.45) is 0 Å². The molecule has 12 nitrogen and oxygen atoms in total. The lowest BCUT2D eigenvalue weighted by Crippen LogP contribution is -1.77. The Labute approximate surface area is 131 Å². The van der Waals surface area contributed by atoms with Crippen LogP contribution in [0.5, 0.6) is 69.0 Å². The molecule has 0 amide bonds. The van der Waals surface area contributed by atoms with E-state index in [9.17, 15) is 0 Å². The Morgan fingerprint density at radius 3 is 0.250 bits per heavy atom. The second-order valence-electron chi connectivity index (χ2n) is 4.18. The maximum Gasteiger partial charge on any atom is 0.208 e. The molecule has 0 unspecified atom stereocenters. The molecule has 24 heavy (non-hydrogen) atoms. The van der Waals surface area contributed by atoms with E-state index in [1.807, 2.05) is 0 Å². The molecule has 0 saturated heterocycles. The summed E-state index contributed by atoms with van der Waals surface area (Å²) in [6.07, 6.45) is 0. The van der Waals surface area contributed by atoms with Crippen molar-refractivity contribution in [1.29, 1.82) is 0 Å². The molecule has 0 spiro atoms. The normalized spacial score (nSPS) is 10.0. The van der Waals surface area contributed by atoms with Gasteiger partial charge >= 0.3 is 0 Å². The predicted octanol–water partition coefficient (Wildman–Crippen LogP) is -0.160. The molecule has 0 aliphatic rings. The Morgan fingerprint density at radius 1 is 0.167 bits per heavy atom. The molecule has 2 aromatic rings. The fourth-order valence-electron chi connectivity index (χ4n) is 1.35. The van der Waals surface area contributed by atoms with Gasteiger partial charge in [0.15, 0.2) is 0 Å². The summed E-state index contributed by atoms with van der Waals surface area (Å²) in [4.78, 5) is 0. The van der Waals surface area contributed by atoms with Gasteiger partial charge in [0.25, 0.3) is 0 Å². The van der Waals surface area contributed by atoms with E-state index >= 15 is 0 Å². The standard InChI is InChI=1S/2C6H6O6/c2*7-1-2(8)4(10)6(12)5(11)3(1)9/h2*7-12H. The molecule has 12 N–H and O–H groups in total. The Bertz CT molecular complexity index is 520. The highest BCUT2D eigenvalue weighted by Crippen LogP contribution is 2.55. The van der Waals surface area contributed by atoms with E-state index in [1.165, 1.54) is 0 Å². The average Bonchev–Trinajstić information content (AvgIpc) is 2.58. The predicted molar refractivity (Wildman–Crippen MR) is 72.9 cm³/mol. The summed E-state index contributed by atoms with van der Waals surface area (Å²) < 4.78 is 0. The van der Waals surface area contributed by atoms with E-state index in [-0.39, 0.29) is 0 Å². The number of hydrogen-bond acceptors (Lipinski definition) is 12. The van der Waals surface area contributed by atoms with Gasteiger partial charge < -0.3 is 61.3 Å². The zero-order valence-electron chi connectivity index (χ0n) is 11.4. The first-order valence-electron chi connectivity index (χ1n) is 5.68. The van der Waals surface area contributed by atoms with Crippen LogP contribution in [0.15, 0.2) is 0 Å². The zero-order chi connectivity index (χ0) is 18.9. The average molecular weight is 348 g/mol. The minimum Gasteiger partial charge on any atom is -0.502 e. The maximum absolute atomic E-state index is 8.76. The van der Waals surface area contributed by atoms with Crippen LogP contribution in [0.1, 0.15) is 0 Å². The molecule has 0 aromatic heterocycles. The van der Waals surface area contributed by atoms with Crippen molar-refractivity contribution in [2.75, 3.05) is 0 Å². The van der Waals surface area contributed by atoms with Crippen LogP contribution < -0.4 is 0 Å². The van der Waals surface area contributed by atoms with Gasteiger partial charge in [0.05, 0.1) is 0 Å². The summed E-state index contributed by atoms with van der Waals surface area (Å²) >= 11 is 0. The van der Waals surface area contributed by atoms with Gasteiger partial charge in [-0.05, 0) is 0 Å². The molecule has 132 valence electrons. The first-order valence-corrected chi connectivity index (χ1v) is 5.68. The van der Waals surface area contributed by atoms with E-state index < -0.39 is 69.0 Å². The third kappa shape index (κ3) is 2.70. The van der Waals surface area contributed by atoms with Crippen LogP contribution in [0.25, 0.3) is 0 Å². The fourth-order valence-corrected chi connectivity index (χ4v) is 1.35. The van der Waals surface area contributed by atoms with Crippen LogP contribution >= 0.6 is 0 Å². The maximum atomic E-state index is 8.76. The highest BCUT2D eigenvalue weighted by Gasteiger charge is 2.23. The molecule has 0 saturated carbocycles. The lowest BCUT2D eigenvalue weighted by molar-refractivity contribution is 0.303. The molecular formula is C12H12O12. The zero-order valence-corrected chi connectivity index (χ0v) is 11.4. The molecule has 0 atom stereocenters. The van der Waals surface area contributed by atoms with Gasteiger partial charge in [-0.1, -0.05) is 0 Å². The minimum atomic E-state index is -1.09. The van der Waals surface area contributed by atoms with Crippen molar-refractivity contribution in [3.63, 3.8) is 0 Å². The third-order valence-corrected chi connectivity index (χ3v) is 2.69. The van der Waals surface area contributed by atoms with Crippen LogP contribution in [-0.2, 0) is 0 Å². The number of aromatic hydroxyl groups is 12. The van der Waals surface area contributed by atoms with Crippen LogP contribution in [0.4, 0.5) is 0 Å². The van der Waals surface area contributed by atoms with Crippen molar-refractivity contribution in [3.8, 4) is 69.0 Å². The number of benzene rings is 2. The van der Waals surface area contributed by atoms with Gasteiger partial charge in [0, 0.05) is 0 Å². The highest BCUT2D eigenvalue weighted by atomic mass is 16.4. The van der Waals surface area contributed by atoms with Gasteiger partial charge in [-0.3, -0.25) is 0 Å². The third-order valence-electron chi connectivity index (χ3n) is 2.69. The van der Waals surface area contributed by atoms with Crippen molar-refractivity contribution in [3.05, 3.63) is 0 Å². The summed E-state index contributed by atoms with van der Waals surface area (Å²) in [5.41, 5.74) is 0. The van der Waals surface area contributed by atoms with Crippen molar-refractivity contribution < 1.29 is 61.3 Å². The second kappa shape index (κ2) is 6.04. The summed E-state index contributed by atoms with van der Waals surface area (Å²) in [7, 11) is 0. The van der Waals surface area contributed by atoms with Crippen LogP contribution in [0.3, 0.4) is 0 Å². The van der Waals surface area contributed by atoms with E-state index in [4.69, 9.17) is 61.3 Å².